The van der Waals surface area contributed by atoms with E-state index in [0.29, 0.717) is 18.3 Å². The molecule has 0 spiro atoms. The van der Waals surface area contributed by atoms with Gasteiger partial charge < -0.3 is 15.4 Å². The predicted octanol–water partition coefficient (Wildman–Crippen LogP) is 3.58. The molecule has 1 saturated heterocycles. The van der Waals surface area contributed by atoms with Crippen LogP contribution in [-0.2, 0) is 9.53 Å². The third kappa shape index (κ3) is 6.01. The standard InChI is InChI=1S/C16H26N2O2S2/c1-4-13(17)8-6-9-14-12(3)18(16(21)22-14)11-7-10-15(19)20-5-2/h4,14H,3,5-11,17H2,1-2H3/b13-4+. The molecule has 2 N–H and O–H groups in total. The van der Waals surface area contributed by atoms with Crippen molar-refractivity contribution in [1.82, 2.24) is 4.90 Å². The lowest BCUT2D eigenvalue weighted by atomic mass is 10.1. The fourth-order valence-corrected chi connectivity index (χ4v) is 3.94. The number of ether oxygens (including phenoxy) is 1. The van der Waals surface area contributed by atoms with Crippen molar-refractivity contribution in [3.8, 4) is 0 Å². The molecule has 1 atom stereocenters. The van der Waals surface area contributed by atoms with Crippen LogP contribution in [0.1, 0.15) is 46.0 Å². The summed E-state index contributed by atoms with van der Waals surface area (Å²) in [5.41, 5.74) is 7.80. The average Bonchev–Trinajstić information content (AvgIpc) is 2.75. The minimum atomic E-state index is -0.149. The highest BCUT2D eigenvalue weighted by Crippen LogP contribution is 2.37. The summed E-state index contributed by atoms with van der Waals surface area (Å²) in [4.78, 5) is 13.4. The Balaban J connectivity index is 2.36. The minimum Gasteiger partial charge on any atom is -0.466 e. The lowest BCUT2D eigenvalue weighted by molar-refractivity contribution is -0.143. The summed E-state index contributed by atoms with van der Waals surface area (Å²) in [5, 5.41) is 0.333. The second-order valence-electron chi connectivity index (χ2n) is 5.18. The first-order chi connectivity index (χ1) is 10.5. The van der Waals surface area contributed by atoms with Crippen molar-refractivity contribution >= 4 is 34.3 Å². The van der Waals surface area contributed by atoms with Crippen LogP contribution in [0.15, 0.2) is 24.0 Å². The van der Waals surface area contributed by atoms with Crippen molar-refractivity contribution in [2.75, 3.05) is 13.2 Å². The zero-order valence-corrected chi connectivity index (χ0v) is 15.1. The molecule has 0 aliphatic carbocycles. The Kier molecular flexibility index (Phi) is 8.56. The van der Waals surface area contributed by atoms with E-state index in [2.05, 4.69) is 11.5 Å². The molecule has 0 aromatic heterocycles. The number of carbonyl (C=O) groups is 1. The zero-order chi connectivity index (χ0) is 16.5. The molecule has 4 nitrogen and oxygen atoms in total. The Morgan fingerprint density at radius 3 is 2.86 bits per heavy atom. The van der Waals surface area contributed by atoms with Gasteiger partial charge in [-0.25, -0.2) is 0 Å². The number of nitrogens with zero attached hydrogens (tertiary/aromatic N) is 1. The van der Waals surface area contributed by atoms with Crippen molar-refractivity contribution in [3.63, 3.8) is 0 Å². The van der Waals surface area contributed by atoms with E-state index in [0.717, 1.165) is 47.9 Å². The fourth-order valence-electron chi connectivity index (χ4n) is 2.26. The van der Waals surface area contributed by atoms with Crippen molar-refractivity contribution < 1.29 is 9.53 Å². The lowest BCUT2D eigenvalue weighted by Crippen LogP contribution is -2.24. The Bertz CT molecular complexity index is 449. The van der Waals surface area contributed by atoms with Crippen LogP contribution in [0.2, 0.25) is 0 Å². The monoisotopic (exact) mass is 342 g/mol. The minimum absolute atomic E-state index is 0.149. The zero-order valence-electron chi connectivity index (χ0n) is 13.5. The van der Waals surface area contributed by atoms with Gasteiger partial charge in [0.1, 0.15) is 4.32 Å². The average molecular weight is 343 g/mol. The molecule has 0 aromatic rings. The van der Waals surface area contributed by atoms with Crippen LogP contribution >= 0.6 is 24.0 Å². The number of esters is 1. The molecule has 1 aliphatic heterocycles. The van der Waals surface area contributed by atoms with Crippen LogP contribution in [0.3, 0.4) is 0 Å². The number of carbonyl (C=O) groups excluding carboxylic acids is 1. The van der Waals surface area contributed by atoms with Gasteiger partial charge >= 0.3 is 5.97 Å². The van der Waals surface area contributed by atoms with Crippen LogP contribution in [0, 0.1) is 0 Å². The summed E-state index contributed by atoms with van der Waals surface area (Å²) in [6.07, 6.45) is 6.07. The first kappa shape index (κ1) is 19.0. The third-order valence-electron chi connectivity index (χ3n) is 3.55. The Hall–Kier alpha value is -1.01. The second kappa shape index (κ2) is 9.90. The fraction of sp³-hybridized carbons (Fsp3) is 0.625. The van der Waals surface area contributed by atoms with Gasteiger partial charge in [0, 0.05) is 24.4 Å². The van der Waals surface area contributed by atoms with Crippen LogP contribution in [-0.4, -0.2) is 33.6 Å². The number of thiocarbonyl (C=S) groups is 1. The molecule has 1 unspecified atom stereocenters. The molecule has 22 heavy (non-hydrogen) atoms. The largest absolute Gasteiger partial charge is 0.466 e. The van der Waals surface area contributed by atoms with Crippen LogP contribution in [0.4, 0.5) is 0 Å². The predicted molar refractivity (Wildman–Crippen MR) is 97.5 cm³/mol. The van der Waals surface area contributed by atoms with E-state index in [1.54, 1.807) is 11.8 Å². The summed E-state index contributed by atoms with van der Waals surface area (Å²) in [6.45, 7) is 9.11. The van der Waals surface area contributed by atoms with E-state index in [1.165, 1.54) is 0 Å². The summed E-state index contributed by atoms with van der Waals surface area (Å²) in [5.74, 6) is -0.149. The van der Waals surface area contributed by atoms with Crippen molar-refractivity contribution in [3.05, 3.63) is 24.0 Å². The van der Waals surface area contributed by atoms with E-state index in [9.17, 15) is 4.79 Å². The topological polar surface area (TPSA) is 55.6 Å². The Morgan fingerprint density at radius 1 is 1.50 bits per heavy atom. The van der Waals surface area contributed by atoms with Gasteiger partial charge in [0.15, 0.2) is 0 Å². The second-order valence-corrected chi connectivity index (χ2v) is 7.02. The van der Waals surface area contributed by atoms with Gasteiger partial charge in [-0.05, 0) is 39.5 Å². The van der Waals surface area contributed by atoms with Crippen molar-refractivity contribution in [2.24, 2.45) is 5.73 Å². The molecule has 124 valence electrons. The van der Waals surface area contributed by atoms with Crippen molar-refractivity contribution in [1.29, 1.82) is 0 Å². The molecule has 6 heteroatoms. The summed E-state index contributed by atoms with van der Waals surface area (Å²) in [7, 11) is 0. The Labute approximate surface area is 143 Å². The van der Waals surface area contributed by atoms with Gasteiger partial charge in [-0.1, -0.05) is 36.6 Å². The molecule has 0 amide bonds. The smallest absolute Gasteiger partial charge is 0.305 e. The molecule has 1 fully saturated rings. The number of allylic oxidation sites excluding steroid dienone is 2. The van der Waals surface area contributed by atoms with Crippen LogP contribution in [0.25, 0.3) is 0 Å². The molecule has 0 bridgehead atoms. The summed E-state index contributed by atoms with van der Waals surface area (Å²) < 4.78 is 5.79. The quantitative estimate of drug-likeness (QED) is 0.510. The van der Waals surface area contributed by atoms with E-state index in [4.69, 9.17) is 22.7 Å². The molecule has 0 radical (unpaired) electrons. The molecule has 1 aliphatic rings. The highest BCUT2D eigenvalue weighted by atomic mass is 32.2. The third-order valence-corrected chi connectivity index (χ3v) is 5.28. The maximum absolute atomic E-state index is 11.4. The maximum atomic E-state index is 11.4. The number of thioether (sulfide) groups is 1. The van der Waals surface area contributed by atoms with E-state index in [-0.39, 0.29) is 5.97 Å². The van der Waals surface area contributed by atoms with Crippen LogP contribution in [0.5, 0.6) is 0 Å². The highest BCUT2D eigenvalue weighted by Gasteiger charge is 2.30. The molecule has 1 heterocycles. The van der Waals surface area contributed by atoms with E-state index < -0.39 is 0 Å². The SMILES string of the molecule is C=C1C(CCC/C(N)=C\C)SC(=S)N1CCCC(=O)OCC. The van der Waals surface area contributed by atoms with Gasteiger partial charge in [0.25, 0.3) is 0 Å². The van der Waals surface area contributed by atoms with Gasteiger partial charge in [0.2, 0.25) is 0 Å². The van der Waals surface area contributed by atoms with Crippen LogP contribution < -0.4 is 5.73 Å². The normalized spacial score (nSPS) is 18.9. The van der Waals surface area contributed by atoms with Gasteiger partial charge in [-0.15, -0.1) is 0 Å². The highest BCUT2D eigenvalue weighted by molar-refractivity contribution is 8.23. The first-order valence-electron chi connectivity index (χ1n) is 7.72. The maximum Gasteiger partial charge on any atom is 0.305 e. The molecule has 1 rings (SSSR count). The molecule has 0 saturated carbocycles. The molecule has 0 aromatic carbocycles. The van der Waals surface area contributed by atoms with E-state index >= 15 is 0 Å². The molecular weight excluding hydrogens is 316 g/mol. The van der Waals surface area contributed by atoms with E-state index in [1.807, 2.05) is 19.9 Å². The Morgan fingerprint density at radius 2 is 2.23 bits per heavy atom. The van der Waals surface area contributed by atoms with Crippen molar-refractivity contribution in [2.45, 2.75) is 51.2 Å². The summed E-state index contributed by atoms with van der Waals surface area (Å²) in [6, 6.07) is 0. The first-order valence-corrected chi connectivity index (χ1v) is 9.01. The molecular formula is C16H26N2O2S2. The van der Waals surface area contributed by atoms with Gasteiger partial charge in [-0.3, -0.25) is 4.79 Å². The summed E-state index contributed by atoms with van der Waals surface area (Å²) >= 11 is 7.12. The van der Waals surface area contributed by atoms with Gasteiger partial charge in [-0.2, -0.15) is 0 Å². The number of hydrogen-bond donors (Lipinski definition) is 1. The number of rotatable bonds is 9. The van der Waals surface area contributed by atoms with Gasteiger partial charge in [0.05, 0.1) is 11.9 Å². The number of nitrogens with two attached hydrogens (primary N) is 1. The number of hydrogen-bond acceptors (Lipinski definition) is 5. The lowest BCUT2D eigenvalue weighted by Gasteiger charge is -2.19.